The van der Waals surface area contributed by atoms with Crippen LogP contribution < -0.4 is 4.87 Å². The van der Waals surface area contributed by atoms with Gasteiger partial charge in [0.25, 0.3) is 0 Å². The minimum atomic E-state index is -0.166. The lowest BCUT2D eigenvalue weighted by molar-refractivity contribution is -0.108. The summed E-state index contributed by atoms with van der Waals surface area (Å²) >= 11 is 1.07. The third kappa shape index (κ3) is 2.81. The quantitative estimate of drug-likeness (QED) is 0.602. The standard InChI is InChI=1S/C14H15NO3S/c1-2-3-4-12(17)10-5-6-11-13(9-10)19-14(18)15(11)7-8-16/h5-6,8-9H,2-4,7H2,1H3. The van der Waals surface area contributed by atoms with Gasteiger partial charge in [0.1, 0.15) is 6.29 Å². The Morgan fingerprint density at radius 2 is 2.21 bits per heavy atom. The van der Waals surface area contributed by atoms with Gasteiger partial charge in [-0.05, 0) is 24.6 Å². The number of Topliss-reactive ketones (excluding diaryl/α,β-unsaturated/α-hetero) is 1. The Morgan fingerprint density at radius 1 is 1.42 bits per heavy atom. The second-order valence-corrected chi connectivity index (χ2v) is 5.35. The highest BCUT2D eigenvalue weighted by molar-refractivity contribution is 7.16. The van der Waals surface area contributed by atoms with E-state index < -0.39 is 0 Å². The van der Waals surface area contributed by atoms with Crippen LogP contribution >= 0.6 is 11.3 Å². The van der Waals surface area contributed by atoms with Gasteiger partial charge < -0.3 is 4.79 Å². The predicted octanol–water partition coefficient (Wildman–Crippen LogP) is 2.63. The first-order valence-electron chi connectivity index (χ1n) is 6.27. The lowest BCUT2D eigenvalue weighted by Crippen LogP contribution is -2.13. The van der Waals surface area contributed by atoms with Crippen molar-refractivity contribution in [1.82, 2.24) is 4.57 Å². The first-order valence-corrected chi connectivity index (χ1v) is 7.09. The number of aldehydes is 1. The molecule has 0 atom stereocenters. The SMILES string of the molecule is CCCCC(=O)c1ccc2c(c1)sc(=O)n2CC=O. The molecule has 1 heterocycles. The van der Waals surface area contributed by atoms with E-state index in [1.807, 2.05) is 6.92 Å². The first kappa shape index (κ1) is 13.7. The van der Waals surface area contributed by atoms with Crippen LogP contribution in [0.25, 0.3) is 10.2 Å². The van der Waals surface area contributed by atoms with Crippen LogP contribution in [0.5, 0.6) is 0 Å². The number of unbranched alkanes of at least 4 members (excludes halogenated alkanes) is 1. The van der Waals surface area contributed by atoms with Crippen molar-refractivity contribution >= 4 is 33.6 Å². The van der Waals surface area contributed by atoms with Crippen molar-refractivity contribution in [2.45, 2.75) is 32.7 Å². The Balaban J connectivity index is 2.39. The van der Waals surface area contributed by atoms with E-state index in [4.69, 9.17) is 0 Å². The molecule has 100 valence electrons. The molecule has 2 aromatic rings. The average Bonchev–Trinajstić information content (AvgIpc) is 2.72. The van der Waals surface area contributed by atoms with E-state index in [1.54, 1.807) is 18.2 Å². The van der Waals surface area contributed by atoms with E-state index in [2.05, 4.69) is 0 Å². The van der Waals surface area contributed by atoms with Crippen LogP contribution in [0.3, 0.4) is 0 Å². The number of benzene rings is 1. The Morgan fingerprint density at radius 3 is 2.89 bits per heavy atom. The zero-order valence-corrected chi connectivity index (χ0v) is 11.5. The van der Waals surface area contributed by atoms with Crippen molar-refractivity contribution in [2.75, 3.05) is 0 Å². The van der Waals surface area contributed by atoms with Crippen molar-refractivity contribution in [3.05, 3.63) is 33.4 Å². The summed E-state index contributed by atoms with van der Waals surface area (Å²) in [6.45, 7) is 2.10. The number of fused-ring (bicyclic) bond motifs is 1. The number of nitrogens with zero attached hydrogens (tertiary/aromatic N) is 1. The number of ketones is 1. The second kappa shape index (κ2) is 5.93. The molecular weight excluding hydrogens is 262 g/mol. The summed E-state index contributed by atoms with van der Waals surface area (Å²) in [5.74, 6) is 0.103. The zero-order valence-electron chi connectivity index (χ0n) is 10.7. The third-order valence-electron chi connectivity index (χ3n) is 3.00. The van der Waals surface area contributed by atoms with E-state index in [1.165, 1.54) is 4.57 Å². The van der Waals surface area contributed by atoms with Crippen LogP contribution in [-0.4, -0.2) is 16.6 Å². The first-order chi connectivity index (χ1) is 9.17. The highest BCUT2D eigenvalue weighted by atomic mass is 32.1. The minimum absolute atomic E-state index is 0.0575. The maximum Gasteiger partial charge on any atom is 0.308 e. The lowest BCUT2D eigenvalue weighted by Gasteiger charge is -2.01. The van der Waals surface area contributed by atoms with Gasteiger partial charge in [0.2, 0.25) is 0 Å². The molecule has 0 aliphatic carbocycles. The van der Waals surface area contributed by atoms with Crippen molar-refractivity contribution in [3.8, 4) is 0 Å². The summed E-state index contributed by atoms with van der Waals surface area (Å²) in [7, 11) is 0. The maximum absolute atomic E-state index is 11.9. The molecule has 0 N–H and O–H groups in total. The van der Waals surface area contributed by atoms with Gasteiger partial charge in [0.05, 0.1) is 16.8 Å². The van der Waals surface area contributed by atoms with Gasteiger partial charge in [-0.25, -0.2) is 0 Å². The fourth-order valence-corrected chi connectivity index (χ4v) is 2.91. The molecule has 2 rings (SSSR count). The highest BCUT2D eigenvalue weighted by Gasteiger charge is 2.11. The Bertz CT molecular complexity index is 669. The molecule has 1 aromatic heterocycles. The number of hydrogen-bond acceptors (Lipinski definition) is 4. The summed E-state index contributed by atoms with van der Waals surface area (Å²) in [4.78, 5) is 34.0. The number of carbonyl (C=O) groups is 2. The van der Waals surface area contributed by atoms with Crippen LogP contribution in [0, 0.1) is 0 Å². The van der Waals surface area contributed by atoms with Gasteiger partial charge in [0, 0.05) is 12.0 Å². The molecule has 0 aliphatic rings. The summed E-state index contributed by atoms with van der Waals surface area (Å²) in [5.41, 5.74) is 1.36. The summed E-state index contributed by atoms with van der Waals surface area (Å²) in [5, 5.41) is 0. The summed E-state index contributed by atoms with van der Waals surface area (Å²) in [6.07, 6.45) is 3.09. The van der Waals surface area contributed by atoms with E-state index in [9.17, 15) is 14.4 Å². The van der Waals surface area contributed by atoms with Crippen molar-refractivity contribution in [3.63, 3.8) is 0 Å². The Kier molecular flexibility index (Phi) is 4.27. The van der Waals surface area contributed by atoms with E-state index in [0.717, 1.165) is 28.9 Å². The van der Waals surface area contributed by atoms with Crippen LogP contribution in [0.1, 0.15) is 36.5 Å². The fraction of sp³-hybridized carbons (Fsp3) is 0.357. The normalized spacial score (nSPS) is 10.8. The molecule has 0 amide bonds. The maximum atomic E-state index is 11.9. The molecule has 0 bridgehead atoms. The van der Waals surface area contributed by atoms with Crippen molar-refractivity contribution < 1.29 is 9.59 Å². The van der Waals surface area contributed by atoms with Crippen LogP contribution in [-0.2, 0) is 11.3 Å². The summed E-state index contributed by atoms with van der Waals surface area (Å²) in [6, 6.07) is 5.23. The predicted molar refractivity (Wildman–Crippen MR) is 76.0 cm³/mol. The van der Waals surface area contributed by atoms with Crippen LogP contribution in [0.4, 0.5) is 0 Å². The number of aromatic nitrogens is 1. The van der Waals surface area contributed by atoms with Gasteiger partial charge in [-0.2, -0.15) is 0 Å². The molecule has 0 saturated carbocycles. The summed E-state index contributed by atoms with van der Waals surface area (Å²) < 4.78 is 2.18. The molecule has 19 heavy (non-hydrogen) atoms. The van der Waals surface area contributed by atoms with Crippen LogP contribution in [0.2, 0.25) is 0 Å². The molecule has 0 spiro atoms. The van der Waals surface area contributed by atoms with E-state index >= 15 is 0 Å². The second-order valence-electron chi connectivity index (χ2n) is 4.35. The third-order valence-corrected chi connectivity index (χ3v) is 3.95. The van der Waals surface area contributed by atoms with Crippen molar-refractivity contribution in [1.29, 1.82) is 0 Å². The largest absolute Gasteiger partial charge is 0.308 e. The monoisotopic (exact) mass is 277 g/mol. The number of hydrogen-bond donors (Lipinski definition) is 0. The molecule has 0 fully saturated rings. The highest BCUT2D eigenvalue weighted by Crippen LogP contribution is 2.20. The zero-order chi connectivity index (χ0) is 13.8. The molecule has 0 radical (unpaired) electrons. The van der Waals surface area contributed by atoms with E-state index in [0.29, 0.717) is 23.8 Å². The average molecular weight is 277 g/mol. The van der Waals surface area contributed by atoms with E-state index in [-0.39, 0.29) is 17.2 Å². The number of thiazole rings is 1. The van der Waals surface area contributed by atoms with Gasteiger partial charge >= 0.3 is 4.87 Å². The molecule has 0 aliphatic heterocycles. The topological polar surface area (TPSA) is 56.1 Å². The molecular formula is C14H15NO3S. The Labute approximate surface area is 114 Å². The lowest BCUT2D eigenvalue weighted by atomic mass is 10.1. The molecule has 0 saturated heterocycles. The van der Waals surface area contributed by atoms with Crippen molar-refractivity contribution in [2.24, 2.45) is 0 Å². The van der Waals surface area contributed by atoms with Gasteiger partial charge in [-0.3, -0.25) is 14.2 Å². The minimum Gasteiger partial charge on any atom is -0.301 e. The van der Waals surface area contributed by atoms with Gasteiger partial charge in [-0.1, -0.05) is 24.7 Å². The molecule has 1 aromatic carbocycles. The van der Waals surface area contributed by atoms with Crippen LogP contribution in [0.15, 0.2) is 23.0 Å². The number of rotatable bonds is 6. The molecule has 0 unspecified atom stereocenters. The van der Waals surface area contributed by atoms with Gasteiger partial charge in [0.15, 0.2) is 5.78 Å². The number of carbonyl (C=O) groups excluding carboxylic acids is 2. The smallest absolute Gasteiger partial charge is 0.301 e. The van der Waals surface area contributed by atoms with Gasteiger partial charge in [-0.15, -0.1) is 0 Å². The Hall–Kier alpha value is -1.75. The molecule has 5 heteroatoms. The fourth-order valence-electron chi connectivity index (χ4n) is 1.97. The molecule has 4 nitrogen and oxygen atoms in total.